The third-order valence-electron chi connectivity index (χ3n) is 2.31. The van der Waals surface area contributed by atoms with Crippen molar-refractivity contribution in [1.29, 1.82) is 0 Å². The zero-order valence-electron chi connectivity index (χ0n) is 7.93. The van der Waals surface area contributed by atoms with E-state index in [0.717, 1.165) is 0 Å². The summed E-state index contributed by atoms with van der Waals surface area (Å²) in [6.45, 7) is 1.81. The van der Waals surface area contributed by atoms with Crippen molar-refractivity contribution in [2.75, 3.05) is 0 Å². The van der Waals surface area contributed by atoms with Gasteiger partial charge < -0.3 is 9.47 Å². The fourth-order valence-corrected chi connectivity index (χ4v) is 1.56. The fraction of sp³-hybridized carbons (Fsp3) is 0.600. The van der Waals surface area contributed by atoms with Crippen molar-refractivity contribution in [3.05, 3.63) is 12.2 Å². The van der Waals surface area contributed by atoms with Crippen LogP contribution in [0, 0.1) is 0 Å². The number of carbonyl (C=O) groups excluding carboxylic acids is 2. The number of cyclic esters (lactones) is 1. The molecule has 2 aliphatic heterocycles. The molecular weight excluding hydrogens is 184 g/mol. The highest BCUT2D eigenvalue weighted by molar-refractivity contribution is 6.02. The van der Waals surface area contributed by atoms with E-state index in [1.165, 1.54) is 6.08 Å². The Balaban J connectivity index is 2.05. The molecule has 4 heteroatoms. The molecule has 2 rings (SSSR count). The van der Waals surface area contributed by atoms with Crippen molar-refractivity contribution in [3.63, 3.8) is 0 Å². The first-order valence-electron chi connectivity index (χ1n) is 4.71. The number of hydrogen-bond acceptors (Lipinski definition) is 4. The molecule has 0 saturated carbocycles. The first-order chi connectivity index (χ1) is 6.65. The molecule has 0 N–H and O–H groups in total. The van der Waals surface area contributed by atoms with Crippen LogP contribution in [-0.4, -0.2) is 30.1 Å². The number of allylic oxidation sites excluding steroid dienone is 1. The molecule has 0 radical (unpaired) electrons. The van der Waals surface area contributed by atoms with Crippen LogP contribution in [0.2, 0.25) is 0 Å². The summed E-state index contributed by atoms with van der Waals surface area (Å²) in [4.78, 5) is 22.3. The summed E-state index contributed by atoms with van der Waals surface area (Å²) in [5, 5.41) is 0. The van der Waals surface area contributed by atoms with Crippen molar-refractivity contribution in [1.82, 2.24) is 0 Å². The lowest BCUT2D eigenvalue weighted by Crippen LogP contribution is -2.20. The summed E-state index contributed by atoms with van der Waals surface area (Å²) in [7, 11) is 0. The van der Waals surface area contributed by atoms with Gasteiger partial charge >= 0.3 is 5.97 Å². The van der Waals surface area contributed by atoms with E-state index >= 15 is 0 Å². The lowest BCUT2D eigenvalue weighted by atomic mass is 10.1. The van der Waals surface area contributed by atoms with Crippen LogP contribution < -0.4 is 0 Å². The van der Waals surface area contributed by atoms with Crippen LogP contribution >= 0.6 is 0 Å². The van der Waals surface area contributed by atoms with Gasteiger partial charge in [-0.2, -0.15) is 0 Å². The van der Waals surface area contributed by atoms with Gasteiger partial charge in [0.1, 0.15) is 18.6 Å². The molecule has 0 amide bonds. The van der Waals surface area contributed by atoms with Crippen LogP contribution in [0.1, 0.15) is 19.8 Å². The second kappa shape index (κ2) is 3.53. The van der Waals surface area contributed by atoms with Crippen LogP contribution in [-0.2, 0) is 19.1 Å². The Morgan fingerprint density at radius 3 is 3.00 bits per heavy atom. The Morgan fingerprint density at radius 1 is 1.43 bits per heavy atom. The third-order valence-corrected chi connectivity index (χ3v) is 2.31. The summed E-state index contributed by atoms with van der Waals surface area (Å²) in [6.07, 6.45) is 3.64. The van der Waals surface area contributed by atoms with Gasteiger partial charge in [0.25, 0.3) is 0 Å². The predicted molar refractivity (Wildman–Crippen MR) is 47.6 cm³/mol. The highest BCUT2D eigenvalue weighted by Gasteiger charge is 2.38. The predicted octanol–water partition coefficient (Wildman–Crippen LogP) is 0.605. The first kappa shape index (κ1) is 9.40. The van der Waals surface area contributed by atoms with Crippen LogP contribution in [0.5, 0.6) is 0 Å². The van der Waals surface area contributed by atoms with Gasteiger partial charge in [-0.05, 0) is 19.1 Å². The maximum Gasteiger partial charge on any atom is 0.313 e. The molecule has 1 saturated heterocycles. The monoisotopic (exact) mass is 196 g/mol. The molecule has 0 bridgehead atoms. The number of fused-ring (bicyclic) bond motifs is 1. The van der Waals surface area contributed by atoms with Crippen LogP contribution in [0.4, 0.5) is 0 Å². The maximum absolute atomic E-state index is 11.1. The van der Waals surface area contributed by atoms with E-state index in [-0.39, 0.29) is 30.5 Å². The largest absolute Gasteiger partial charge is 0.462 e. The molecular formula is C10H12O4. The Hall–Kier alpha value is -1.16. The number of carbonyl (C=O) groups is 2. The van der Waals surface area contributed by atoms with Gasteiger partial charge in [-0.15, -0.1) is 0 Å². The van der Waals surface area contributed by atoms with Gasteiger partial charge in [0.2, 0.25) is 0 Å². The van der Waals surface area contributed by atoms with Crippen molar-refractivity contribution in [2.45, 2.75) is 38.1 Å². The van der Waals surface area contributed by atoms with Gasteiger partial charge in [0, 0.05) is 6.42 Å². The second-order valence-electron chi connectivity index (χ2n) is 3.68. The number of esters is 1. The molecule has 76 valence electrons. The molecule has 4 nitrogen and oxygen atoms in total. The van der Waals surface area contributed by atoms with Crippen molar-refractivity contribution >= 4 is 11.8 Å². The minimum Gasteiger partial charge on any atom is -0.462 e. The van der Waals surface area contributed by atoms with Crippen molar-refractivity contribution in [2.24, 2.45) is 0 Å². The Kier molecular flexibility index (Phi) is 2.37. The molecule has 2 aliphatic rings. The van der Waals surface area contributed by atoms with E-state index in [4.69, 9.17) is 9.47 Å². The molecule has 14 heavy (non-hydrogen) atoms. The highest BCUT2D eigenvalue weighted by Crippen LogP contribution is 2.29. The summed E-state index contributed by atoms with van der Waals surface area (Å²) in [5.74, 6) is -0.676. The molecule has 2 heterocycles. The minimum atomic E-state index is -0.453. The molecule has 0 aromatic heterocycles. The number of epoxide rings is 1. The Morgan fingerprint density at radius 2 is 2.21 bits per heavy atom. The van der Waals surface area contributed by atoms with Crippen molar-refractivity contribution < 1.29 is 19.1 Å². The fourth-order valence-electron chi connectivity index (χ4n) is 1.56. The number of hydrogen-bond donors (Lipinski definition) is 0. The van der Waals surface area contributed by atoms with Crippen molar-refractivity contribution in [3.8, 4) is 0 Å². The Bertz CT molecular complexity index is 294. The molecule has 0 spiro atoms. The summed E-state index contributed by atoms with van der Waals surface area (Å²) in [5.41, 5.74) is 0. The average Bonchev–Trinajstić information content (AvgIpc) is 2.78. The molecule has 0 unspecified atom stereocenters. The number of ether oxygens (including phenoxy) is 2. The van der Waals surface area contributed by atoms with E-state index in [2.05, 4.69) is 0 Å². The average molecular weight is 196 g/mol. The van der Waals surface area contributed by atoms with E-state index in [1.807, 2.05) is 6.92 Å². The normalized spacial score (nSPS) is 37.4. The van der Waals surface area contributed by atoms with Gasteiger partial charge in [-0.1, -0.05) is 0 Å². The lowest BCUT2D eigenvalue weighted by molar-refractivity contribution is -0.149. The maximum atomic E-state index is 11.1. The van der Waals surface area contributed by atoms with Crippen LogP contribution in [0.15, 0.2) is 12.2 Å². The second-order valence-corrected chi connectivity index (χ2v) is 3.68. The highest BCUT2D eigenvalue weighted by atomic mass is 16.6. The SMILES string of the molecule is C[C@@H]1C[C@@H]2O[C@@H]2C=CC(=O)CC(=O)O1. The third kappa shape index (κ3) is 2.20. The standard InChI is InChI=1S/C10H12O4/c1-6-4-9-8(14-9)3-2-7(11)5-10(12)13-6/h2-3,6,8-9H,4-5H2,1H3/t6-,8-,9+/m1/s1. The zero-order valence-corrected chi connectivity index (χ0v) is 7.93. The molecule has 3 atom stereocenters. The smallest absolute Gasteiger partial charge is 0.313 e. The van der Waals surface area contributed by atoms with Gasteiger partial charge in [0.15, 0.2) is 5.78 Å². The number of ketones is 1. The van der Waals surface area contributed by atoms with Crippen LogP contribution in [0.3, 0.4) is 0 Å². The quantitative estimate of drug-likeness (QED) is 0.323. The Labute approximate surface area is 81.9 Å². The van der Waals surface area contributed by atoms with E-state index in [0.29, 0.717) is 6.42 Å². The van der Waals surface area contributed by atoms with Gasteiger partial charge in [0.05, 0.1) is 6.10 Å². The van der Waals surface area contributed by atoms with Gasteiger partial charge in [-0.25, -0.2) is 0 Å². The molecule has 1 fully saturated rings. The van der Waals surface area contributed by atoms with E-state index in [1.54, 1.807) is 6.08 Å². The van der Waals surface area contributed by atoms with Crippen LogP contribution in [0.25, 0.3) is 0 Å². The summed E-state index contributed by atoms with van der Waals surface area (Å²) >= 11 is 0. The van der Waals surface area contributed by atoms with E-state index < -0.39 is 5.97 Å². The minimum absolute atomic E-state index is 0.0400. The lowest BCUT2D eigenvalue weighted by Gasteiger charge is -2.11. The number of rotatable bonds is 0. The van der Waals surface area contributed by atoms with Gasteiger partial charge in [-0.3, -0.25) is 9.59 Å². The molecule has 0 aliphatic carbocycles. The summed E-state index contributed by atoms with van der Waals surface area (Å²) in [6, 6.07) is 0. The molecule has 0 aromatic rings. The first-order valence-corrected chi connectivity index (χ1v) is 4.71. The molecule has 0 aromatic carbocycles. The zero-order chi connectivity index (χ0) is 10.1. The van der Waals surface area contributed by atoms with E-state index in [9.17, 15) is 9.59 Å². The summed E-state index contributed by atoms with van der Waals surface area (Å²) < 4.78 is 10.3. The topological polar surface area (TPSA) is 55.9 Å².